The van der Waals surface area contributed by atoms with Crippen molar-refractivity contribution in [1.82, 2.24) is 0 Å². The molecule has 2 aliphatic carbocycles. The molecule has 0 amide bonds. The maximum absolute atomic E-state index is 12.4. The Morgan fingerprint density at radius 3 is 2.68 bits per heavy atom. The third kappa shape index (κ3) is 2.22. The van der Waals surface area contributed by atoms with Crippen molar-refractivity contribution >= 4 is 16.7 Å². The zero-order valence-electron chi connectivity index (χ0n) is 13.0. The number of hydrogen-bond donors (Lipinski definition) is 0. The van der Waals surface area contributed by atoms with Crippen LogP contribution in [0.15, 0.2) is 42.5 Å². The maximum Gasteiger partial charge on any atom is 0.309 e. The highest BCUT2D eigenvalue weighted by Gasteiger charge is 2.46. The highest BCUT2D eigenvalue weighted by atomic mass is 16.5. The number of rotatable bonds is 2. The molecule has 2 saturated carbocycles. The average molecular weight is 294 g/mol. The van der Waals surface area contributed by atoms with Crippen LogP contribution in [-0.2, 0) is 9.53 Å². The van der Waals surface area contributed by atoms with E-state index in [9.17, 15) is 4.79 Å². The second-order valence-corrected chi connectivity index (χ2v) is 6.94. The van der Waals surface area contributed by atoms with E-state index in [0.29, 0.717) is 11.8 Å². The molecule has 114 valence electrons. The average Bonchev–Trinajstić information content (AvgIpc) is 2.95. The molecule has 4 rings (SSSR count). The van der Waals surface area contributed by atoms with Crippen LogP contribution in [-0.4, -0.2) is 13.1 Å². The number of ether oxygens (including phenoxy) is 1. The van der Waals surface area contributed by atoms with Crippen molar-refractivity contribution in [3.05, 3.63) is 48.0 Å². The van der Waals surface area contributed by atoms with Crippen molar-refractivity contribution in [2.24, 2.45) is 17.8 Å². The van der Waals surface area contributed by atoms with Crippen molar-refractivity contribution in [3.63, 3.8) is 0 Å². The minimum absolute atomic E-state index is 0.0106. The summed E-state index contributed by atoms with van der Waals surface area (Å²) in [5.74, 6) is 1.67. The Bertz CT molecular complexity index is 706. The van der Waals surface area contributed by atoms with Gasteiger partial charge in [0.1, 0.15) is 0 Å². The smallest absolute Gasteiger partial charge is 0.309 e. The van der Waals surface area contributed by atoms with E-state index in [-0.39, 0.29) is 11.9 Å². The van der Waals surface area contributed by atoms with Gasteiger partial charge in [0.15, 0.2) is 0 Å². The summed E-state index contributed by atoms with van der Waals surface area (Å²) in [6.45, 7) is 0. The first-order chi connectivity index (χ1) is 10.8. The number of hydrogen-bond acceptors (Lipinski definition) is 2. The van der Waals surface area contributed by atoms with Crippen molar-refractivity contribution in [2.45, 2.75) is 31.6 Å². The lowest BCUT2D eigenvalue weighted by atomic mass is 9.69. The third-order valence-electron chi connectivity index (χ3n) is 5.79. The summed E-state index contributed by atoms with van der Waals surface area (Å²) < 4.78 is 5.14. The molecule has 2 unspecified atom stereocenters. The Hall–Kier alpha value is -1.83. The SMILES string of the molecule is COC(=O)[C@@H]1C2CCC(C2)C[C@@H]1c1ccc2ccccc2c1. The maximum atomic E-state index is 12.4. The van der Waals surface area contributed by atoms with Gasteiger partial charge >= 0.3 is 5.97 Å². The minimum Gasteiger partial charge on any atom is -0.469 e. The zero-order chi connectivity index (χ0) is 15.1. The number of benzene rings is 2. The fourth-order valence-corrected chi connectivity index (χ4v) is 4.76. The molecule has 0 saturated heterocycles. The molecule has 0 aromatic heterocycles. The second kappa shape index (κ2) is 5.42. The summed E-state index contributed by atoms with van der Waals surface area (Å²) in [5, 5.41) is 2.53. The van der Waals surface area contributed by atoms with E-state index in [1.165, 1.54) is 42.7 Å². The third-order valence-corrected chi connectivity index (χ3v) is 5.79. The summed E-state index contributed by atoms with van der Waals surface area (Å²) in [5.41, 5.74) is 1.31. The van der Waals surface area contributed by atoms with Crippen LogP contribution in [0.25, 0.3) is 10.8 Å². The van der Waals surface area contributed by atoms with Gasteiger partial charge in [0.05, 0.1) is 13.0 Å². The highest BCUT2D eigenvalue weighted by molar-refractivity contribution is 5.83. The van der Waals surface area contributed by atoms with E-state index in [4.69, 9.17) is 4.74 Å². The predicted octanol–water partition coefficient (Wildman–Crippen LogP) is 4.53. The highest BCUT2D eigenvalue weighted by Crippen LogP contribution is 2.52. The lowest BCUT2D eigenvalue weighted by Gasteiger charge is -2.35. The standard InChI is InChI=1S/C20H22O2/c1-22-20(21)19-17-7-6-13(10-17)11-18(19)16-9-8-14-4-2-3-5-15(14)12-16/h2-5,8-9,12-13,17-19H,6-7,10-11H2,1H3/t13?,17?,18-,19-/m1/s1. The molecule has 0 heterocycles. The van der Waals surface area contributed by atoms with Gasteiger partial charge in [-0.25, -0.2) is 0 Å². The van der Waals surface area contributed by atoms with Gasteiger partial charge in [-0.1, -0.05) is 48.9 Å². The molecule has 22 heavy (non-hydrogen) atoms. The summed E-state index contributed by atoms with van der Waals surface area (Å²) in [6, 6.07) is 15.1. The van der Waals surface area contributed by atoms with Crippen molar-refractivity contribution in [2.75, 3.05) is 7.11 Å². The molecule has 0 spiro atoms. The van der Waals surface area contributed by atoms with Crippen LogP contribution in [0, 0.1) is 17.8 Å². The molecular formula is C20H22O2. The van der Waals surface area contributed by atoms with Gasteiger partial charge in [-0.2, -0.15) is 0 Å². The van der Waals surface area contributed by atoms with E-state index < -0.39 is 0 Å². The van der Waals surface area contributed by atoms with Gasteiger partial charge in [-0.05, 0) is 53.4 Å². The van der Waals surface area contributed by atoms with Crippen LogP contribution in [0.4, 0.5) is 0 Å². The van der Waals surface area contributed by atoms with Crippen LogP contribution >= 0.6 is 0 Å². The van der Waals surface area contributed by atoms with Gasteiger partial charge in [0, 0.05) is 0 Å². The molecule has 2 bridgehead atoms. The number of esters is 1. The molecule has 2 aromatic rings. The predicted molar refractivity (Wildman–Crippen MR) is 87.6 cm³/mol. The number of methoxy groups -OCH3 is 1. The molecule has 2 nitrogen and oxygen atoms in total. The first kappa shape index (κ1) is 13.8. The number of carbonyl (C=O) groups is 1. The van der Waals surface area contributed by atoms with Gasteiger partial charge in [-0.3, -0.25) is 4.79 Å². The molecule has 2 aliphatic rings. The molecule has 4 atom stereocenters. The molecule has 0 N–H and O–H groups in total. The minimum atomic E-state index is -0.0106. The fourth-order valence-electron chi connectivity index (χ4n) is 4.76. The Morgan fingerprint density at radius 1 is 1.05 bits per heavy atom. The van der Waals surface area contributed by atoms with Crippen LogP contribution in [0.1, 0.15) is 37.2 Å². The monoisotopic (exact) mass is 294 g/mol. The summed E-state index contributed by atoms with van der Waals surface area (Å²) >= 11 is 0. The normalized spacial score (nSPS) is 30.4. The van der Waals surface area contributed by atoms with Crippen LogP contribution in [0.2, 0.25) is 0 Å². The summed E-state index contributed by atoms with van der Waals surface area (Å²) in [7, 11) is 1.53. The molecule has 0 aliphatic heterocycles. The van der Waals surface area contributed by atoms with Crippen molar-refractivity contribution in [3.8, 4) is 0 Å². The van der Waals surface area contributed by atoms with E-state index in [1.54, 1.807) is 0 Å². The first-order valence-corrected chi connectivity index (χ1v) is 8.33. The van der Waals surface area contributed by atoms with Crippen LogP contribution < -0.4 is 0 Å². The van der Waals surface area contributed by atoms with Crippen molar-refractivity contribution < 1.29 is 9.53 Å². The van der Waals surface area contributed by atoms with Crippen molar-refractivity contribution in [1.29, 1.82) is 0 Å². The molecular weight excluding hydrogens is 272 g/mol. The van der Waals surface area contributed by atoms with E-state index in [1.807, 2.05) is 0 Å². The molecule has 2 fully saturated rings. The lowest BCUT2D eigenvalue weighted by molar-refractivity contribution is -0.149. The summed E-state index contributed by atoms with van der Waals surface area (Å²) in [6.07, 6.45) is 4.81. The molecule has 0 radical (unpaired) electrons. The van der Waals surface area contributed by atoms with Crippen LogP contribution in [0.5, 0.6) is 0 Å². The number of carbonyl (C=O) groups excluding carboxylic acids is 1. The Morgan fingerprint density at radius 2 is 1.86 bits per heavy atom. The van der Waals surface area contributed by atoms with Crippen LogP contribution in [0.3, 0.4) is 0 Å². The van der Waals surface area contributed by atoms with E-state index in [0.717, 1.165) is 12.3 Å². The van der Waals surface area contributed by atoms with E-state index in [2.05, 4.69) is 42.5 Å². The molecule has 2 heteroatoms. The van der Waals surface area contributed by atoms with Gasteiger partial charge in [0.25, 0.3) is 0 Å². The topological polar surface area (TPSA) is 26.3 Å². The van der Waals surface area contributed by atoms with Gasteiger partial charge in [0.2, 0.25) is 0 Å². The first-order valence-electron chi connectivity index (χ1n) is 8.33. The largest absolute Gasteiger partial charge is 0.469 e. The van der Waals surface area contributed by atoms with Gasteiger partial charge in [-0.15, -0.1) is 0 Å². The quantitative estimate of drug-likeness (QED) is 0.760. The summed E-state index contributed by atoms with van der Waals surface area (Å²) in [4.78, 5) is 12.4. The van der Waals surface area contributed by atoms with E-state index >= 15 is 0 Å². The second-order valence-electron chi connectivity index (χ2n) is 6.94. The fraction of sp³-hybridized carbons (Fsp3) is 0.450. The lowest BCUT2D eigenvalue weighted by Crippen LogP contribution is -2.33. The number of fused-ring (bicyclic) bond motifs is 3. The van der Waals surface area contributed by atoms with Gasteiger partial charge < -0.3 is 4.74 Å². The zero-order valence-corrected chi connectivity index (χ0v) is 13.0. The molecule has 2 aromatic carbocycles. The Kier molecular flexibility index (Phi) is 3.40. The Labute approximate surface area is 131 Å². The Balaban J connectivity index is 1.75.